The molecule has 0 bridgehead atoms. The molecule has 2 aromatic carbocycles. The summed E-state index contributed by atoms with van der Waals surface area (Å²) in [6, 6.07) is 10.4. The van der Waals surface area contributed by atoms with Gasteiger partial charge in [0.15, 0.2) is 0 Å². The summed E-state index contributed by atoms with van der Waals surface area (Å²) >= 11 is 7.41. The highest BCUT2D eigenvalue weighted by Crippen LogP contribution is 2.36. The van der Waals surface area contributed by atoms with Gasteiger partial charge >= 0.3 is 0 Å². The fourth-order valence-electron chi connectivity index (χ4n) is 2.90. The average molecular weight is 435 g/mol. The summed E-state index contributed by atoms with van der Waals surface area (Å²) in [7, 11) is -0.710. The topological polar surface area (TPSA) is 88.2 Å². The zero-order valence-corrected chi connectivity index (χ0v) is 17.3. The van der Waals surface area contributed by atoms with Crippen molar-refractivity contribution in [2.45, 2.75) is 4.90 Å². The standard InChI is InChI=1S/C18H15ClN4O3S2/c1-23(18-21-10-22-27-18)28(24,25)12-4-6-14-15(9-20-17(14)8-12)13-5-3-11(26-2)7-16(13)19/h3-10,20H,1-2H3. The number of fused-ring (bicyclic) bond motifs is 1. The van der Waals surface area contributed by atoms with Crippen molar-refractivity contribution in [3.05, 3.63) is 53.9 Å². The lowest BCUT2D eigenvalue weighted by Crippen LogP contribution is -2.26. The first-order valence-corrected chi connectivity index (χ1v) is 10.7. The first-order chi connectivity index (χ1) is 13.4. The van der Waals surface area contributed by atoms with Crippen LogP contribution in [0.5, 0.6) is 5.75 Å². The summed E-state index contributed by atoms with van der Waals surface area (Å²) in [5.74, 6) is 0.668. The van der Waals surface area contributed by atoms with E-state index in [4.69, 9.17) is 16.3 Å². The van der Waals surface area contributed by atoms with Gasteiger partial charge in [-0.05, 0) is 30.3 Å². The Labute approximate surface area is 170 Å². The minimum absolute atomic E-state index is 0.159. The molecule has 4 aromatic rings. The van der Waals surface area contributed by atoms with Crippen LogP contribution in [-0.4, -0.2) is 36.9 Å². The quantitative estimate of drug-likeness (QED) is 0.509. The molecule has 0 unspecified atom stereocenters. The lowest BCUT2D eigenvalue weighted by molar-refractivity contribution is 0.415. The highest BCUT2D eigenvalue weighted by Gasteiger charge is 2.24. The van der Waals surface area contributed by atoms with Crippen LogP contribution in [0.3, 0.4) is 0 Å². The summed E-state index contributed by atoms with van der Waals surface area (Å²) in [5, 5.41) is 1.72. The first kappa shape index (κ1) is 18.7. The van der Waals surface area contributed by atoms with Gasteiger partial charge in [0.25, 0.3) is 10.0 Å². The lowest BCUT2D eigenvalue weighted by atomic mass is 10.0. The van der Waals surface area contributed by atoms with E-state index in [-0.39, 0.29) is 4.90 Å². The third-order valence-electron chi connectivity index (χ3n) is 4.40. The van der Waals surface area contributed by atoms with Crippen molar-refractivity contribution in [3.8, 4) is 16.9 Å². The van der Waals surface area contributed by atoms with E-state index in [1.165, 1.54) is 13.4 Å². The Kier molecular flexibility index (Phi) is 4.74. The van der Waals surface area contributed by atoms with Crippen LogP contribution >= 0.6 is 23.1 Å². The Hall–Kier alpha value is -2.62. The van der Waals surface area contributed by atoms with Crippen molar-refractivity contribution in [1.29, 1.82) is 0 Å². The number of methoxy groups -OCH3 is 1. The Balaban J connectivity index is 1.76. The van der Waals surface area contributed by atoms with Gasteiger partial charge in [0.2, 0.25) is 5.13 Å². The van der Waals surface area contributed by atoms with Gasteiger partial charge in [0.1, 0.15) is 12.1 Å². The molecule has 10 heteroatoms. The maximum Gasteiger partial charge on any atom is 0.265 e. The predicted octanol–water partition coefficient (Wildman–Crippen LogP) is 4.17. The van der Waals surface area contributed by atoms with Gasteiger partial charge in [0.05, 0.1) is 17.0 Å². The van der Waals surface area contributed by atoms with Crippen LogP contribution in [0.2, 0.25) is 5.02 Å². The van der Waals surface area contributed by atoms with Crippen LogP contribution in [0, 0.1) is 0 Å². The van der Waals surface area contributed by atoms with Gasteiger partial charge in [-0.15, -0.1) is 0 Å². The van der Waals surface area contributed by atoms with Crippen LogP contribution in [0.1, 0.15) is 0 Å². The van der Waals surface area contributed by atoms with Crippen molar-refractivity contribution in [1.82, 2.24) is 14.3 Å². The molecule has 0 saturated carbocycles. The number of hydrogen-bond donors (Lipinski definition) is 1. The predicted molar refractivity (Wildman–Crippen MR) is 111 cm³/mol. The maximum absolute atomic E-state index is 12.9. The number of halogens is 1. The van der Waals surface area contributed by atoms with E-state index in [0.29, 0.717) is 21.4 Å². The highest BCUT2D eigenvalue weighted by molar-refractivity contribution is 7.93. The molecule has 7 nitrogen and oxygen atoms in total. The summed E-state index contributed by atoms with van der Waals surface area (Å²) in [5.41, 5.74) is 2.40. The van der Waals surface area contributed by atoms with Gasteiger partial charge in [-0.2, -0.15) is 4.37 Å². The van der Waals surface area contributed by atoms with Gasteiger partial charge in [0, 0.05) is 46.8 Å². The zero-order valence-electron chi connectivity index (χ0n) is 14.9. The van der Waals surface area contributed by atoms with Gasteiger partial charge < -0.3 is 9.72 Å². The molecule has 4 rings (SSSR count). The molecule has 0 aliphatic rings. The van der Waals surface area contributed by atoms with Crippen molar-refractivity contribution in [3.63, 3.8) is 0 Å². The zero-order chi connectivity index (χ0) is 19.9. The summed E-state index contributed by atoms with van der Waals surface area (Å²) in [6.45, 7) is 0. The number of benzene rings is 2. The van der Waals surface area contributed by atoms with Crippen molar-refractivity contribution in [2.75, 3.05) is 18.5 Å². The molecule has 1 N–H and O–H groups in total. The monoisotopic (exact) mass is 434 g/mol. The normalized spacial score (nSPS) is 11.7. The molecular weight excluding hydrogens is 420 g/mol. The number of rotatable bonds is 5. The summed E-state index contributed by atoms with van der Waals surface area (Å²) < 4.78 is 35.9. The number of nitrogens with one attached hydrogen (secondary N) is 1. The molecule has 28 heavy (non-hydrogen) atoms. The molecule has 0 amide bonds. The van der Waals surface area contributed by atoms with Crippen LogP contribution < -0.4 is 9.04 Å². The molecule has 0 fully saturated rings. The number of aromatic nitrogens is 3. The lowest BCUT2D eigenvalue weighted by Gasteiger charge is -2.15. The van der Waals surface area contributed by atoms with Crippen LogP contribution in [0.4, 0.5) is 5.13 Å². The minimum Gasteiger partial charge on any atom is -0.497 e. The van der Waals surface area contributed by atoms with E-state index < -0.39 is 10.0 Å². The van der Waals surface area contributed by atoms with E-state index in [1.54, 1.807) is 31.4 Å². The number of hydrogen-bond acceptors (Lipinski definition) is 6. The maximum atomic E-state index is 12.9. The molecule has 0 aliphatic carbocycles. The molecule has 0 aliphatic heterocycles. The molecule has 0 atom stereocenters. The number of sulfonamides is 1. The Morgan fingerprint density at radius 2 is 2.00 bits per heavy atom. The minimum atomic E-state index is -3.75. The smallest absolute Gasteiger partial charge is 0.265 e. The van der Waals surface area contributed by atoms with Crippen LogP contribution in [0.15, 0.2) is 53.8 Å². The first-order valence-electron chi connectivity index (χ1n) is 8.12. The van der Waals surface area contributed by atoms with E-state index in [1.807, 2.05) is 18.3 Å². The van der Waals surface area contributed by atoms with Gasteiger partial charge in [-0.3, -0.25) is 0 Å². The third kappa shape index (κ3) is 3.11. The third-order valence-corrected chi connectivity index (χ3v) is 7.31. The number of anilines is 1. The summed E-state index contributed by atoms with van der Waals surface area (Å²) in [4.78, 5) is 7.25. The molecule has 2 heterocycles. The van der Waals surface area contributed by atoms with Gasteiger partial charge in [-0.1, -0.05) is 17.7 Å². The molecular formula is C18H15ClN4O3S2. The number of aromatic amines is 1. The highest BCUT2D eigenvalue weighted by atomic mass is 35.5. The van der Waals surface area contributed by atoms with E-state index in [2.05, 4.69) is 14.3 Å². The summed E-state index contributed by atoms with van der Waals surface area (Å²) in [6.07, 6.45) is 3.13. The molecule has 0 spiro atoms. The van der Waals surface area contributed by atoms with Gasteiger partial charge in [-0.25, -0.2) is 17.7 Å². The van der Waals surface area contributed by atoms with Crippen molar-refractivity contribution < 1.29 is 13.2 Å². The van der Waals surface area contributed by atoms with Crippen LogP contribution in [-0.2, 0) is 10.0 Å². The van der Waals surface area contributed by atoms with Crippen LogP contribution in [0.25, 0.3) is 22.0 Å². The molecule has 0 radical (unpaired) electrons. The van der Waals surface area contributed by atoms with E-state index in [9.17, 15) is 8.42 Å². The van der Waals surface area contributed by atoms with E-state index in [0.717, 1.165) is 32.4 Å². The second-order valence-corrected chi connectivity index (χ2v) is 9.09. The molecule has 0 saturated heterocycles. The van der Waals surface area contributed by atoms with Crippen molar-refractivity contribution >= 4 is 49.2 Å². The Bertz CT molecular complexity index is 1250. The molecule has 2 aromatic heterocycles. The van der Waals surface area contributed by atoms with Crippen molar-refractivity contribution in [2.24, 2.45) is 0 Å². The Morgan fingerprint density at radius 3 is 2.68 bits per heavy atom. The Morgan fingerprint density at radius 1 is 1.18 bits per heavy atom. The molecule has 144 valence electrons. The average Bonchev–Trinajstić information content (AvgIpc) is 3.36. The second kappa shape index (κ2) is 7.08. The van der Waals surface area contributed by atoms with E-state index >= 15 is 0 Å². The fraction of sp³-hybridized carbons (Fsp3) is 0.111. The SMILES string of the molecule is COc1ccc(-c2c[nH]c3cc(S(=O)(=O)N(C)c4ncns4)ccc23)c(Cl)c1. The fourth-order valence-corrected chi connectivity index (χ4v) is 5.04. The number of H-pyrrole nitrogens is 1. The number of ether oxygens (including phenoxy) is 1. The second-order valence-electron chi connectivity index (χ2n) is 5.95. The number of nitrogens with zero attached hydrogens (tertiary/aromatic N) is 3. The largest absolute Gasteiger partial charge is 0.497 e.